The number of aliphatic hydroxyl groups excluding tert-OH is 1. The Hall–Kier alpha value is -1.20. The molecule has 2 N–H and O–H groups in total. The number of nitrogens with one attached hydrogen (secondary N) is 1. The van der Waals surface area contributed by atoms with Gasteiger partial charge in [0, 0.05) is 23.7 Å². The van der Waals surface area contributed by atoms with Crippen LogP contribution in [0.25, 0.3) is 0 Å². The van der Waals surface area contributed by atoms with Crippen LogP contribution >= 0.6 is 0 Å². The van der Waals surface area contributed by atoms with Crippen LogP contribution in [0.5, 0.6) is 5.75 Å². The Bertz CT molecular complexity index is 361. The molecule has 1 aromatic carbocycles. The molecule has 0 aliphatic rings. The van der Waals surface area contributed by atoms with Gasteiger partial charge >= 0.3 is 0 Å². The first-order valence-electron chi connectivity index (χ1n) is 5.88. The number of rotatable bonds is 7. The fourth-order valence-electron chi connectivity index (χ4n) is 1.55. The molecule has 0 aliphatic heterocycles. The zero-order valence-corrected chi connectivity index (χ0v) is 10.7. The summed E-state index contributed by atoms with van der Waals surface area (Å²) in [5, 5.41) is 12.2. The summed E-state index contributed by atoms with van der Waals surface area (Å²) in [5.74, 6) is -1.12. The molecule has 0 heterocycles. The molecule has 0 radical (unpaired) electrons. The third kappa shape index (κ3) is 4.58. The maximum atomic E-state index is 12.9. The number of benzene rings is 1. The highest BCUT2D eigenvalue weighted by Crippen LogP contribution is 2.17. The van der Waals surface area contributed by atoms with Crippen LogP contribution in [0.4, 0.5) is 8.78 Å². The van der Waals surface area contributed by atoms with Gasteiger partial charge in [0.15, 0.2) is 0 Å². The zero-order valence-electron chi connectivity index (χ0n) is 10.7. The van der Waals surface area contributed by atoms with Crippen molar-refractivity contribution in [2.45, 2.75) is 25.3 Å². The molecule has 0 fully saturated rings. The second kappa shape index (κ2) is 6.66. The monoisotopic (exact) mass is 259 g/mol. The van der Waals surface area contributed by atoms with E-state index in [9.17, 15) is 13.9 Å². The van der Waals surface area contributed by atoms with Crippen molar-refractivity contribution in [1.82, 2.24) is 5.32 Å². The molecule has 1 rings (SSSR count). The number of aliphatic hydroxyl groups is 1. The van der Waals surface area contributed by atoms with Crippen molar-refractivity contribution in [2.24, 2.45) is 0 Å². The van der Waals surface area contributed by atoms with Crippen molar-refractivity contribution in [3.63, 3.8) is 0 Å². The van der Waals surface area contributed by atoms with Crippen LogP contribution in [-0.4, -0.2) is 30.9 Å². The summed E-state index contributed by atoms with van der Waals surface area (Å²) in [7, 11) is 1.78. The second-order valence-electron chi connectivity index (χ2n) is 4.53. The molecule has 0 amide bonds. The molecule has 0 saturated carbocycles. The van der Waals surface area contributed by atoms with E-state index in [-0.39, 0.29) is 17.9 Å². The Morgan fingerprint density at radius 3 is 2.39 bits per heavy atom. The number of halogens is 2. The fraction of sp³-hybridized carbons (Fsp3) is 0.538. The van der Waals surface area contributed by atoms with E-state index < -0.39 is 11.6 Å². The van der Waals surface area contributed by atoms with Crippen LogP contribution in [0.1, 0.15) is 19.8 Å². The first kappa shape index (κ1) is 14.9. The SMILES string of the molecule is CNC(C)(CO)CCCOc1cc(F)cc(F)c1. The van der Waals surface area contributed by atoms with Crippen LogP contribution in [0.15, 0.2) is 18.2 Å². The van der Waals surface area contributed by atoms with Gasteiger partial charge in [0.05, 0.1) is 13.2 Å². The number of hydrogen-bond donors (Lipinski definition) is 2. The van der Waals surface area contributed by atoms with Crippen molar-refractivity contribution in [3.05, 3.63) is 29.8 Å². The molecule has 1 atom stereocenters. The Kier molecular flexibility index (Phi) is 5.50. The lowest BCUT2D eigenvalue weighted by Gasteiger charge is -2.26. The summed E-state index contributed by atoms with van der Waals surface area (Å²) in [6.45, 7) is 2.27. The molecule has 1 unspecified atom stereocenters. The molecule has 102 valence electrons. The molecule has 3 nitrogen and oxygen atoms in total. The van der Waals surface area contributed by atoms with Crippen LogP contribution in [-0.2, 0) is 0 Å². The second-order valence-corrected chi connectivity index (χ2v) is 4.53. The lowest BCUT2D eigenvalue weighted by atomic mass is 9.97. The first-order valence-corrected chi connectivity index (χ1v) is 5.88. The van der Waals surface area contributed by atoms with E-state index in [0.29, 0.717) is 19.4 Å². The van der Waals surface area contributed by atoms with Crippen molar-refractivity contribution in [1.29, 1.82) is 0 Å². The third-order valence-electron chi connectivity index (χ3n) is 2.93. The highest BCUT2D eigenvalue weighted by Gasteiger charge is 2.19. The van der Waals surface area contributed by atoms with Gasteiger partial charge in [-0.1, -0.05) is 0 Å². The van der Waals surface area contributed by atoms with Gasteiger partial charge in [0.1, 0.15) is 17.4 Å². The van der Waals surface area contributed by atoms with Gasteiger partial charge in [-0.15, -0.1) is 0 Å². The van der Waals surface area contributed by atoms with Gasteiger partial charge in [-0.25, -0.2) is 8.78 Å². The third-order valence-corrected chi connectivity index (χ3v) is 2.93. The molecular weight excluding hydrogens is 240 g/mol. The lowest BCUT2D eigenvalue weighted by Crippen LogP contribution is -2.43. The molecule has 1 aromatic rings. The first-order chi connectivity index (χ1) is 8.49. The van der Waals surface area contributed by atoms with E-state index in [0.717, 1.165) is 18.2 Å². The van der Waals surface area contributed by atoms with E-state index in [1.807, 2.05) is 6.92 Å². The molecule has 18 heavy (non-hydrogen) atoms. The molecule has 0 aromatic heterocycles. The van der Waals surface area contributed by atoms with Gasteiger partial charge in [0.2, 0.25) is 0 Å². The minimum absolute atomic E-state index is 0.0259. The maximum absolute atomic E-state index is 12.9. The van der Waals surface area contributed by atoms with Crippen molar-refractivity contribution < 1.29 is 18.6 Å². The average molecular weight is 259 g/mol. The zero-order chi connectivity index (χ0) is 13.6. The standard InChI is InChI=1S/C13H19F2NO2/c1-13(9-17,16-2)4-3-5-18-12-7-10(14)6-11(15)8-12/h6-8,16-17H,3-5,9H2,1-2H3. The Morgan fingerprint density at radius 2 is 1.89 bits per heavy atom. The Labute approximate surface area is 106 Å². The van der Waals surface area contributed by atoms with Crippen molar-refractivity contribution in [3.8, 4) is 5.75 Å². The summed E-state index contributed by atoms with van der Waals surface area (Å²) < 4.78 is 31.0. The Morgan fingerprint density at radius 1 is 1.28 bits per heavy atom. The summed E-state index contributed by atoms with van der Waals surface area (Å²) >= 11 is 0. The summed E-state index contributed by atoms with van der Waals surface area (Å²) in [4.78, 5) is 0. The van der Waals surface area contributed by atoms with Gasteiger partial charge in [-0.3, -0.25) is 0 Å². The highest BCUT2D eigenvalue weighted by atomic mass is 19.1. The van der Waals surface area contributed by atoms with Gasteiger partial charge in [0.25, 0.3) is 0 Å². The molecule has 0 aliphatic carbocycles. The van der Waals surface area contributed by atoms with Crippen LogP contribution < -0.4 is 10.1 Å². The van der Waals surface area contributed by atoms with E-state index in [2.05, 4.69) is 5.32 Å². The summed E-state index contributed by atoms with van der Waals surface area (Å²) in [6, 6.07) is 3.09. The van der Waals surface area contributed by atoms with E-state index in [1.54, 1.807) is 7.05 Å². The largest absolute Gasteiger partial charge is 0.493 e. The normalized spacial score (nSPS) is 14.3. The smallest absolute Gasteiger partial charge is 0.129 e. The quantitative estimate of drug-likeness (QED) is 0.737. The highest BCUT2D eigenvalue weighted by molar-refractivity contribution is 5.23. The molecule has 5 heteroatoms. The van der Waals surface area contributed by atoms with Crippen molar-refractivity contribution >= 4 is 0 Å². The predicted octanol–water partition coefficient (Wildman–Crippen LogP) is 2.09. The van der Waals surface area contributed by atoms with E-state index in [1.165, 1.54) is 0 Å². The minimum Gasteiger partial charge on any atom is -0.493 e. The predicted molar refractivity (Wildman–Crippen MR) is 65.6 cm³/mol. The number of hydrogen-bond acceptors (Lipinski definition) is 3. The van der Waals surface area contributed by atoms with Crippen molar-refractivity contribution in [2.75, 3.05) is 20.3 Å². The molecular formula is C13H19F2NO2. The summed E-state index contributed by atoms with van der Waals surface area (Å²) in [5.41, 5.74) is -0.351. The van der Waals surface area contributed by atoms with Gasteiger partial charge in [-0.2, -0.15) is 0 Å². The minimum atomic E-state index is -0.652. The van der Waals surface area contributed by atoms with Crippen LogP contribution in [0, 0.1) is 11.6 Å². The summed E-state index contributed by atoms with van der Waals surface area (Å²) in [6.07, 6.45) is 1.38. The number of ether oxygens (including phenoxy) is 1. The fourth-order valence-corrected chi connectivity index (χ4v) is 1.55. The van der Waals surface area contributed by atoms with Crippen LogP contribution in [0.3, 0.4) is 0 Å². The van der Waals surface area contributed by atoms with Gasteiger partial charge in [-0.05, 0) is 26.8 Å². The molecule has 0 spiro atoms. The molecule has 0 bridgehead atoms. The Balaban J connectivity index is 2.38. The average Bonchev–Trinajstić information content (AvgIpc) is 2.33. The number of likely N-dealkylation sites (N-methyl/N-ethyl adjacent to an activating group) is 1. The maximum Gasteiger partial charge on any atom is 0.129 e. The van der Waals surface area contributed by atoms with E-state index in [4.69, 9.17) is 4.74 Å². The lowest BCUT2D eigenvalue weighted by molar-refractivity contribution is 0.163. The topological polar surface area (TPSA) is 41.5 Å². The van der Waals surface area contributed by atoms with E-state index >= 15 is 0 Å². The van der Waals surface area contributed by atoms with Crippen LogP contribution in [0.2, 0.25) is 0 Å². The van der Waals surface area contributed by atoms with Gasteiger partial charge < -0.3 is 15.2 Å². The molecule has 0 saturated heterocycles.